The van der Waals surface area contributed by atoms with Crippen LogP contribution in [-0.4, -0.2) is 12.6 Å². The van der Waals surface area contributed by atoms with Crippen LogP contribution in [0.15, 0.2) is 18.2 Å². The van der Waals surface area contributed by atoms with Crippen molar-refractivity contribution in [1.82, 2.24) is 0 Å². The number of nitrogens with two attached hydrogens (primary N) is 1. The number of rotatable bonds is 4. The van der Waals surface area contributed by atoms with E-state index in [1.165, 1.54) is 11.1 Å². The van der Waals surface area contributed by atoms with Crippen LogP contribution in [-0.2, 0) is 6.42 Å². The Hall–Kier alpha value is -1.02. The Balaban J connectivity index is 2.95. The van der Waals surface area contributed by atoms with Gasteiger partial charge >= 0.3 is 0 Å². The van der Waals surface area contributed by atoms with Crippen molar-refractivity contribution < 1.29 is 4.74 Å². The highest BCUT2D eigenvalue weighted by molar-refractivity contribution is 5.41. The Morgan fingerprint density at radius 1 is 1.43 bits per heavy atom. The molecule has 78 valence electrons. The number of ether oxygens (including phenoxy) is 1. The summed E-state index contributed by atoms with van der Waals surface area (Å²) in [6, 6.07) is 6.38. The summed E-state index contributed by atoms with van der Waals surface area (Å²) in [6.07, 6.45) is 0.872. The lowest BCUT2D eigenvalue weighted by Crippen LogP contribution is -2.18. The van der Waals surface area contributed by atoms with Gasteiger partial charge in [-0.05, 0) is 38.3 Å². The van der Waals surface area contributed by atoms with E-state index in [0.717, 1.165) is 12.2 Å². The summed E-state index contributed by atoms with van der Waals surface area (Å²) in [5.74, 6) is 1.01. The molecule has 1 unspecified atom stereocenters. The maximum atomic E-state index is 5.78. The third-order valence-corrected chi connectivity index (χ3v) is 2.12. The van der Waals surface area contributed by atoms with Crippen molar-refractivity contribution in [3.8, 4) is 5.75 Å². The van der Waals surface area contributed by atoms with E-state index in [1.807, 2.05) is 13.8 Å². The van der Waals surface area contributed by atoms with Gasteiger partial charge in [0.15, 0.2) is 0 Å². The van der Waals surface area contributed by atoms with Crippen molar-refractivity contribution in [1.29, 1.82) is 0 Å². The lowest BCUT2D eigenvalue weighted by Gasteiger charge is -2.14. The van der Waals surface area contributed by atoms with Gasteiger partial charge in [-0.3, -0.25) is 0 Å². The van der Waals surface area contributed by atoms with E-state index in [1.54, 1.807) is 0 Å². The fourth-order valence-corrected chi connectivity index (χ4v) is 1.57. The second-order valence-corrected chi connectivity index (χ2v) is 3.68. The van der Waals surface area contributed by atoms with Crippen LogP contribution in [0.3, 0.4) is 0 Å². The quantitative estimate of drug-likeness (QED) is 0.796. The summed E-state index contributed by atoms with van der Waals surface area (Å²) in [5.41, 5.74) is 8.18. The van der Waals surface area contributed by atoms with Crippen LogP contribution in [0.2, 0.25) is 0 Å². The van der Waals surface area contributed by atoms with Gasteiger partial charge < -0.3 is 10.5 Å². The second-order valence-electron chi connectivity index (χ2n) is 3.68. The molecule has 1 aromatic rings. The summed E-state index contributed by atoms with van der Waals surface area (Å²) >= 11 is 0. The molecule has 2 heteroatoms. The minimum atomic E-state index is 0.177. The Morgan fingerprint density at radius 3 is 2.71 bits per heavy atom. The van der Waals surface area contributed by atoms with Gasteiger partial charge in [0.2, 0.25) is 0 Å². The molecule has 0 saturated carbocycles. The Labute approximate surface area is 86.1 Å². The highest BCUT2D eigenvalue weighted by Crippen LogP contribution is 2.24. The fraction of sp³-hybridized carbons (Fsp3) is 0.500. The molecule has 0 amide bonds. The third-order valence-electron chi connectivity index (χ3n) is 2.12. The van der Waals surface area contributed by atoms with Crippen LogP contribution in [0.5, 0.6) is 5.75 Å². The largest absolute Gasteiger partial charge is 0.493 e. The topological polar surface area (TPSA) is 35.2 Å². The number of benzene rings is 1. The van der Waals surface area contributed by atoms with E-state index < -0.39 is 0 Å². The minimum Gasteiger partial charge on any atom is -0.493 e. The average molecular weight is 193 g/mol. The van der Waals surface area contributed by atoms with Gasteiger partial charge in [0.25, 0.3) is 0 Å². The summed E-state index contributed by atoms with van der Waals surface area (Å²) in [5, 5.41) is 0. The lowest BCUT2D eigenvalue weighted by atomic mass is 10.0. The van der Waals surface area contributed by atoms with Gasteiger partial charge in [0.1, 0.15) is 5.75 Å². The van der Waals surface area contributed by atoms with Crippen molar-refractivity contribution in [3.63, 3.8) is 0 Å². The van der Waals surface area contributed by atoms with E-state index in [4.69, 9.17) is 10.5 Å². The van der Waals surface area contributed by atoms with Crippen molar-refractivity contribution in [2.45, 2.75) is 33.2 Å². The van der Waals surface area contributed by atoms with Crippen molar-refractivity contribution in [3.05, 3.63) is 29.3 Å². The second kappa shape index (κ2) is 5.01. The molecule has 0 radical (unpaired) electrons. The summed E-state index contributed by atoms with van der Waals surface area (Å²) < 4.78 is 5.61. The lowest BCUT2D eigenvalue weighted by molar-refractivity contribution is 0.333. The maximum absolute atomic E-state index is 5.78. The van der Waals surface area contributed by atoms with Gasteiger partial charge in [-0.25, -0.2) is 0 Å². The molecule has 2 N–H and O–H groups in total. The molecule has 14 heavy (non-hydrogen) atoms. The van der Waals surface area contributed by atoms with Gasteiger partial charge in [0, 0.05) is 6.04 Å². The standard InChI is InChI=1S/C12H19NO/c1-4-14-12-9(2)6-5-7-11(12)8-10(3)13/h5-7,10H,4,8,13H2,1-3H3. The summed E-state index contributed by atoms with van der Waals surface area (Å²) in [4.78, 5) is 0. The Kier molecular flexibility index (Phi) is 3.96. The SMILES string of the molecule is CCOc1c(C)cccc1CC(C)N. The molecule has 0 aliphatic heterocycles. The van der Waals surface area contributed by atoms with Crippen molar-refractivity contribution >= 4 is 0 Å². The molecule has 0 heterocycles. The monoisotopic (exact) mass is 193 g/mol. The number of aryl methyl sites for hydroxylation is 1. The molecule has 1 atom stereocenters. The van der Waals surface area contributed by atoms with Crippen LogP contribution in [0.1, 0.15) is 25.0 Å². The van der Waals surface area contributed by atoms with Crippen LogP contribution in [0.4, 0.5) is 0 Å². The smallest absolute Gasteiger partial charge is 0.125 e. The third kappa shape index (κ3) is 2.74. The zero-order valence-electron chi connectivity index (χ0n) is 9.21. The van der Waals surface area contributed by atoms with E-state index in [-0.39, 0.29) is 6.04 Å². The normalized spacial score (nSPS) is 12.6. The first-order valence-corrected chi connectivity index (χ1v) is 5.12. The van der Waals surface area contributed by atoms with Crippen LogP contribution < -0.4 is 10.5 Å². The first-order valence-electron chi connectivity index (χ1n) is 5.12. The van der Waals surface area contributed by atoms with E-state index in [2.05, 4.69) is 25.1 Å². The molecule has 2 nitrogen and oxygen atoms in total. The van der Waals surface area contributed by atoms with Gasteiger partial charge in [0.05, 0.1) is 6.61 Å². The average Bonchev–Trinajstić information content (AvgIpc) is 2.10. The molecular formula is C12H19NO. The van der Waals surface area contributed by atoms with E-state index in [0.29, 0.717) is 6.61 Å². The molecule has 0 aromatic heterocycles. The summed E-state index contributed by atoms with van der Waals surface area (Å²) in [6.45, 7) is 6.78. The van der Waals surface area contributed by atoms with Crippen molar-refractivity contribution in [2.24, 2.45) is 5.73 Å². The molecule has 0 fully saturated rings. The predicted molar refractivity (Wildman–Crippen MR) is 59.7 cm³/mol. The molecule has 0 bridgehead atoms. The molecule has 0 spiro atoms. The molecule has 1 aromatic carbocycles. The Bertz CT molecular complexity index is 294. The maximum Gasteiger partial charge on any atom is 0.125 e. The zero-order chi connectivity index (χ0) is 10.6. The molecule has 0 aliphatic carbocycles. The van der Waals surface area contributed by atoms with Crippen molar-refractivity contribution in [2.75, 3.05) is 6.61 Å². The van der Waals surface area contributed by atoms with Crippen LogP contribution >= 0.6 is 0 Å². The van der Waals surface area contributed by atoms with Gasteiger partial charge in [-0.15, -0.1) is 0 Å². The highest BCUT2D eigenvalue weighted by Gasteiger charge is 2.07. The number of hydrogen-bond donors (Lipinski definition) is 1. The van der Waals surface area contributed by atoms with Gasteiger partial charge in [-0.2, -0.15) is 0 Å². The van der Waals surface area contributed by atoms with Crippen LogP contribution in [0, 0.1) is 6.92 Å². The first kappa shape index (κ1) is 11.1. The molecular weight excluding hydrogens is 174 g/mol. The molecule has 1 rings (SSSR count). The molecule has 0 saturated heterocycles. The van der Waals surface area contributed by atoms with E-state index >= 15 is 0 Å². The Morgan fingerprint density at radius 2 is 2.14 bits per heavy atom. The zero-order valence-corrected chi connectivity index (χ0v) is 9.21. The molecule has 0 aliphatic rings. The minimum absolute atomic E-state index is 0.177. The number of para-hydroxylation sites is 1. The predicted octanol–water partition coefficient (Wildman–Crippen LogP) is 2.28. The highest BCUT2D eigenvalue weighted by atomic mass is 16.5. The first-order chi connectivity index (χ1) is 6.65. The van der Waals surface area contributed by atoms with Crippen LogP contribution in [0.25, 0.3) is 0 Å². The number of hydrogen-bond acceptors (Lipinski definition) is 2. The summed E-state index contributed by atoms with van der Waals surface area (Å²) in [7, 11) is 0. The van der Waals surface area contributed by atoms with Gasteiger partial charge in [-0.1, -0.05) is 18.2 Å². The van der Waals surface area contributed by atoms with E-state index in [9.17, 15) is 0 Å². The fourth-order valence-electron chi connectivity index (χ4n) is 1.57.